The van der Waals surface area contributed by atoms with Crippen LogP contribution in [0.1, 0.15) is 12.0 Å². The second-order valence-electron chi connectivity index (χ2n) is 6.61. The number of carboxylic acid groups (broad SMARTS) is 1. The Balaban J connectivity index is 1.64. The Morgan fingerprint density at radius 2 is 2.08 bits per heavy atom. The molecule has 2 N–H and O–H groups in total. The molecule has 134 valence electrons. The van der Waals surface area contributed by atoms with E-state index in [2.05, 4.69) is 10.00 Å². The van der Waals surface area contributed by atoms with Gasteiger partial charge in [-0.25, -0.2) is 0 Å². The largest absolute Gasteiger partial charge is 0.481 e. The number of β-amino-alcohol motifs (C(OH)–C–C–N with tert-alkyl or cyclic N) is 1. The van der Waals surface area contributed by atoms with Crippen molar-refractivity contribution in [2.24, 2.45) is 5.41 Å². The summed E-state index contributed by atoms with van der Waals surface area (Å²) >= 11 is 5.85. The van der Waals surface area contributed by atoms with E-state index in [9.17, 15) is 15.0 Å². The molecule has 0 saturated carbocycles. The van der Waals surface area contributed by atoms with Gasteiger partial charge in [-0.1, -0.05) is 41.9 Å². The van der Waals surface area contributed by atoms with E-state index >= 15 is 0 Å². The number of benzene rings is 1. The first-order valence-electron chi connectivity index (χ1n) is 8.35. The second-order valence-corrected chi connectivity index (χ2v) is 7.05. The lowest BCUT2D eigenvalue weighted by atomic mass is 9.71. The fourth-order valence-electron chi connectivity index (χ4n) is 3.43. The molecule has 2 atom stereocenters. The predicted octanol–water partition coefficient (Wildman–Crippen LogP) is 1.92. The molecule has 6 nitrogen and oxygen atoms in total. The van der Waals surface area contributed by atoms with Crippen LogP contribution in [0.4, 0.5) is 0 Å². The molecule has 1 saturated heterocycles. The zero-order valence-electron chi connectivity index (χ0n) is 13.9. The van der Waals surface area contributed by atoms with Gasteiger partial charge >= 0.3 is 5.97 Å². The van der Waals surface area contributed by atoms with Gasteiger partial charge in [0.15, 0.2) is 0 Å². The number of carbonyl (C=O) groups is 1. The van der Waals surface area contributed by atoms with Gasteiger partial charge in [-0.15, -0.1) is 0 Å². The first-order chi connectivity index (χ1) is 12.0. The van der Waals surface area contributed by atoms with Crippen LogP contribution in [0.5, 0.6) is 0 Å². The van der Waals surface area contributed by atoms with Crippen molar-refractivity contribution in [3.8, 4) is 0 Å². The maximum atomic E-state index is 12.0. The zero-order valence-corrected chi connectivity index (χ0v) is 14.6. The molecule has 1 fully saturated rings. The standard InChI is InChI=1S/C18H22ClN3O3/c19-15-11-20-22(12-15)9-8-21-7-6-18(17(24)25,16(23)13-21)10-14-4-2-1-3-5-14/h1-5,11-12,16,23H,6-10,13H2,(H,24,25)/t16-,18+/m0/s1. The molecule has 0 unspecified atom stereocenters. The van der Waals surface area contributed by atoms with Crippen molar-refractivity contribution in [1.82, 2.24) is 14.7 Å². The molecule has 1 aromatic carbocycles. The highest BCUT2D eigenvalue weighted by Crippen LogP contribution is 2.36. The molecule has 7 heteroatoms. The van der Waals surface area contributed by atoms with Gasteiger partial charge < -0.3 is 10.2 Å². The first-order valence-corrected chi connectivity index (χ1v) is 8.73. The van der Waals surface area contributed by atoms with Crippen LogP contribution in [-0.4, -0.2) is 56.6 Å². The maximum Gasteiger partial charge on any atom is 0.312 e. The lowest BCUT2D eigenvalue weighted by Crippen LogP contribution is -2.56. The third-order valence-corrected chi connectivity index (χ3v) is 5.17. The van der Waals surface area contributed by atoms with Gasteiger partial charge in [-0.2, -0.15) is 5.10 Å². The van der Waals surface area contributed by atoms with Crippen molar-refractivity contribution in [2.75, 3.05) is 19.6 Å². The first kappa shape index (κ1) is 17.9. The number of aromatic nitrogens is 2. The van der Waals surface area contributed by atoms with Crippen molar-refractivity contribution in [1.29, 1.82) is 0 Å². The maximum absolute atomic E-state index is 12.0. The van der Waals surface area contributed by atoms with Crippen LogP contribution in [0.2, 0.25) is 5.02 Å². The average molecular weight is 364 g/mol. The normalized spacial score (nSPS) is 24.3. The molecule has 0 amide bonds. The highest BCUT2D eigenvalue weighted by atomic mass is 35.5. The molecule has 1 aliphatic rings. The number of aliphatic hydroxyl groups excluding tert-OH is 1. The third-order valence-electron chi connectivity index (χ3n) is 4.98. The number of piperidine rings is 1. The number of likely N-dealkylation sites (tertiary alicyclic amines) is 1. The second kappa shape index (κ2) is 7.56. The van der Waals surface area contributed by atoms with E-state index in [0.29, 0.717) is 44.0 Å². The van der Waals surface area contributed by atoms with Gasteiger partial charge in [0, 0.05) is 19.3 Å². The minimum atomic E-state index is -1.13. The summed E-state index contributed by atoms with van der Waals surface area (Å²) in [5.41, 5.74) is -0.198. The molecule has 0 bridgehead atoms. The van der Waals surface area contributed by atoms with Crippen LogP contribution in [0, 0.1) is 5.41 Å². The molecule has 0 radical (unpaired) electrons. The molecule has 2 aromatic rings. The van der Waals surface area contributed by atoms with Gasteiger partial charge in [0.25, 0.3) is 0 Å². The number of carboxylic acids is 1. The zero-order chi connectivity index (χ0) is 17.9. The lowest BCUT2D eigenvalue weighted by molar-refractivity contribution is -0.162. The van der Waals surface area contributed by atoms with E-state index in [1.54, 1.807) is 17.1 Å². The van der Waals surface area contributed by atoms with Gasteiger partial charge in [-0.3, -0.25) is 14.4 Å². The van der Waals surface area contributed by atoms with E-state index in [1.165, 1.54) is 0 Å². The molecule has 25 heavy (non-hydrogen) atoms. The quantitative estimate of drug-likeness (QED) is 0.819. The van der Waals surface area contributed by atoms with Crippen LogP contribution in [0.25, 0.3) is 0 Å². The molecule has 1 aliphatic heterocycles. The van der Waals surface area contributed by atoms with Crippen molar-refractivity contribution < 1.29 is 15.0 Å². The number of nitrogens with zero attached hydrogens (tertiary/aromatic N) is 3. The minimum absolute atomic E-state index is 0.340. The predicted molar refractivity (Wildman–Crippen MR) is 94.5 cm³/mol. The number of aliphatic carboxylic acids is 1. The fourth-order valence-corrected chi connectivity index (χ4v) is 3.59. The molecule has 0 spiro atoms. The summed E-state index contributed by atoms with van der Waals surface area (Å²) in [6.45, 7) is 2.31. The summed E-state index contributed by atoms with van der Waals surface area (Å²) in [4.78, 5) is 14.0. The van der Waals surface area contributed by atoms with E-state index < -0.39 is 17.5 Å². The number of halogens is 1. The number of hydrogen-bond acceptors (Lipinski definition) is 4. The molecule has 0 aliphatic carbocycles. The molecule has 1 aromatic heterocycles. The topological polar surface area (TPSA) is 78.6 Å². The highest BCUT2D eigenvalue weighted by molar-refractivity contribution is 6.30. The smallest absolute Gasteiger partial charge is 0.312 e. The summed E-state index contributed by atoms with van der Waals surface area (Å²) in [5.74, 6) is -0.928. The molecular weight excluding hydrogens is 342 g/mol. The Labute approximate surface area is 151 Å². The average Bonchev–Trinajstić information content (AvgIpc) is 3.01. The summed E-state index contributed by atoms with van der Waals surface area (Å²) in [6.07, 6.45) is 3.17. The van der Waals surface area contributed by atoms with Gasteiger partial charge in [0.1, 0.15) is 5.41 Å². The molecule has 3 rings (SSSR count). The van der Waals surface area contributed by atoms with Crippen LogP contribution in [-0.2, 0) is 17.8 Å². The fraction of sp³-hybridized carbons (Fsp3) is 0.444. The monoisotopic (exact) mass is 363 g/mol. The Morgan fingerprint density at radius 3 is 2.68 bits per heavy atom. The Morgan fingerprint density at radius 1 is 1.32 bits per heavy atom. The highest BCUT2D eigenvalue weighted by Gasteiger charge is 2.48. The third kappa shape index (κ3) is 4.03. The van der Waals surface area contributed by atoms with Crippen LogP contribution >= 0.6 is 11.6 Å². The van der Waals surface area contributed by atoms with Gasteiger partial charge in [0.2, 0.25) is 0 Å². The Bertz CT molecular complexity index is 721. The summed E-state index contributed by atoms with van der Waals surface area (Å²) < 4.78 is 1.75. The van der Waals surface area contributed by atoms with E-state index in [4.69, 9.17) is 11.6 Å². The van der Waals surface area contributed by atoms with Crippen molar-refractivity contribution in [3.05, 3.63) is 53.3 Å². The number of aliphatic hydroxyl groups is 1. The molecular formula is C18H22ClN3O3. The minimum Gasteiger partial charge on any atom is -0.481 e. The van der Waals surface area contributed by atoms with Gasteiger partial charge in [0.05, 0.1) is 23.9 Å². The summed E-state index contributed by atoms with van der Waals surface area (Å²) in [7, 11) is 0. The number of rotatable bonds is 6. The number of hydrogen-bond donors (Lipinski definition) is 2. The van der Waals surface area contributed by atoms with Crippen LogP contribution in [0.15, 0.2) is 42.7 Å². The Kier molecular flexibility index (Phi) is 5.42. The summed E-state index contributed by atoms with van der Waals surface area (Å²) in [6, 6.07) is 9.50. The summed E-state index contributed by atoms with van der Waals surface area (Å²) in [5, 5.41) is 25.2. The van der Waals surface area contributed by atoms with Crippen LogP contribution < -0.4 is 0 Å². The van der Waals surface area contributed by atoms with Crippen LogP contribution in [0.3, 0.4) is 0 Å². The SMILES string of the molecule is O=C(O)[C@@]1(Cc2ccccc2)CCN(CCn2cc(Cl)cn2)C[C@@H]1O. The lowest BCUT2D eigenvalue weighted by Gasteiger charge is -2.43. The van der Waals surface area contributed by atoms with E-state index in [1.807, 2.05) is 30.3 Å². The van der Waals surface area contributed by atoms with Crippen molar-refractivity contribution in [3.63, 3.8) is 0 Å². The van der Waals surface area contributed by atoms with E-state index in [-0.39, 0.29) is 0 Å². The van der Waals surface area contributed by atoms with Crippen molar-refractivity contribution >= 4 is 17.6 Å². The Hall–Kier alpha value is -1.89. The molecule has 2 heterocycles. The van der Waals surface area contributed by atoms with Crippen molar-refractivity contribution in [2.45, 2.75) is 25.5 Å². The van der Waals surface area contributed by atoms with E-state index in [0.717, 1.165) is 5.56 Å². The van der Waals surface area contributed by atoms with Gasteiger partial charge in [-0.05, 0) is 24.9 Å².